The van der Waals surface area contributed by atoms with Gasteiger partial charge in [-0.2, -0.15) is 0 Å². The Morgan fingerprint density at radius 2 is 1.66 bits per heavy atom. The number of likely N-dealkylation sites (tertiary alicyclic amines) is 1. The number of piperidine rings is 3. The van der Waals surface area contributed by atoms with Crippen molar-refractivity contribution in [2.75, 3.05) is 81.1 Å². The lowest BCUT2D eigenvalue weighted by atomic mass is 9.88. The van der Waals surface area contributed by atoms with Gasteiger partial charge >= 0.3 is 6.03 Å². The number of aromatic nitrogens is 2. The SMILES string of the molecule is CN1CCN([C@@H]2CCCN(c3cnc(C(N)=O)c(Nc4ccc(C5CCN(CC6CN(c7cc(F)c([C@@H]8CCC(=O)NC8=O)c(F)c7)C6)CC5)cc4)n3)C2)C1=O. The van der Waals surface area contributed by atoms with Crippen LogP contribution in [0.2, 0.25) is 0 Å². The van der Waals surface area contributed by atoms with Gasteiger partial charge in [0.25, 0.3) is 5.91 Å². The first-order valence-corrected chi connectivity index (χ1v) is 19.6. The number of amides is 5. The molecule has 4 N–H and O–H groups in total. The van der Waals surface area contributed by atoms with E-state index in [1.54, 1.807) is 11.1 Å². The number of likely N-dealkylation sites (N-methyl/N-ethyl adjacent to an activating group) is 1. The number of imide groups is 1. The van der Waals surface area contributed by atoms with Gasteiger partial charge in [-0.3, -0.25) is 19.7 Å². The number of primary amides is 1. The van der Waals surface area contributed by atoms with E-state index in [4.69, 9.17) is 10.7 Å². The summed E-state index contributed by atoms with van der Waals surface area (Å²) in [4.78, 5) is 68.1. The fraction of sp³-hybridized carbons (Fsp3) is 0.500. The highest BCUT2D eigenvalue weighted by atomic mass is 19.1. The summed E-state index contributed by atoms with van der Waals surface area (Å²) in [5, 5.41) is 5.45. The first-order chi connectivity index (χ1) is 27.0. The van der Waals surface area contributed by atoms with E-state index >= 15 is 8.78 Å². The molecule has 1 aromatic heterocycles. The monoisotopic (exact) mass is 770 g/mol. The number of urea groups is 1. The number of carbonyl (C=O) groups is 4. The van der Waals surface area contributed by atoms with Crippen LogP contribution in [0.25, 0.3) is 0 Å². The van der Waals surface area contributed by atoms with Gasteiger partial charge in [-0.1, -0.05) is 12.1 Å². The Balaban J connectivity index is 0.826. The van der Waals surface area contributed by atoms with Crippen molar-refractivity contribution in [3.05, 3.63) is 71.1 Å². The molecule has 0 unspecified atom stereocenters. The Morgan fingerprint density at radius 3 is 2.32 bits per heavy atom. The minimum absolute atomic E-state index is 0.0543. The lowest BCUT2D eigenvalue weighted by Gasteiger charge is -2.44. The van der Waals surface area contributed by atoms with E-state index < -0.39 is 35.3 Å². The minimum atomic E-state index is -1.01. The molecule has 6 heterocycles. The Kier molecular flexibility index (Phi) is 10.5. The van der Waals surface area contributed by atoms with Crippen molar-refractivity contribution in [2.45, 2.75) is 56.4 Å². The van der Waals surface area contributed by atoms with E-state index in [2.05, 4.69) is 37.6 Å². The van der Waals surface area contributed by atoms with Gasteiger partial charge in [-0.05, 0) is 80.9 Å². The van der Waals surface area contributed by atoms with E-state index in [0.717, 1.165) is 64.1 Å². The Labute approximate surface area is 324 Å². The average molecular weight is 771 g/mol. The van der Waals surface area contributed by atoms with Crippen LogP contribution in [0.5, 0.6) is 0 Å². The van der Waals surface area contributed by atoms with Crippen LogP contribution in [0, 0.1) is 17.6 Å². The molecule has 5 fully saturated rings. The van der Waals surface area contributed by atoms with Crippen LogP contribution in [0.3, 0.4) is 0 Å². The van der Waals surface area contributed by atoms with E-state index in [1.807, 2.05) is 29.0 Å². The number of hydrogen-bond acceptors (Lipinski definition) is 10. The van der Waals surface area contributed by atoms with Gasteiger partial charge in [0.15, 0.2) is 11.5 Å². The molecule has 0 radical (unpaired) electrons. The summed E-state index contributed by atoms with van der Waals surface area (Å²) in [6, 6.07) is 10.9. The maximum Gasteiger partial charge on any atom is 0.320 e. The first-order valence-electron chi connectivity index (χ1n) is 19.6. The number of benzene rings is 2. The van der Waals surface area contributed by atoms with E-state index in [0.29, 0.717) is 55.3 Å². The van der Waals surface area contributed by atoms with Crippen molar-refractivity contribution in [1.82, 2.24) is 30.0 Å². The number of nitrogens with two attached hydrogens (primary N) is 1. The van der Waals surface area contributed by atoms with Crippen molar-refractivity contribution in [2.24, 2.45) is 11.7 Å². The number of nitrogens with one attached hydrogen (secondary N) is 2. The summed E-state index contributed by atoms with van der Waals surface area (Å²) in [6.07, 6.45) is 5.59. The van der Waals surface area contributed by atoms with Gasteiger partial charge in [0.05, 0.1) is 18.2 Å². The van der Waals surface area contributed by atoms with Gasteiger partial charge in [0.2, 0.25) is 11.8 Å². The second-order valence-electron chi connectivity index (χ2n) is 15.8. The normalized spacial score (nSPS) is 22.7. The van der Waals surface area contributed by atoms with Crippen LogP contribution in [0.15, 0.2) is 42.6 Å². The second-order valence-corrected chi connectivity index (χ2v) is 15.8. The molecule has 5 aliphatic heterocycles. The molecule has 5 amide bonds. The number of halogens is 2. The lowest BCUT2D eigenvalue weighted by molar-refractivity contribution is -0.134. The van der Waals surface area contributed by atoms with Crippen molar-refractivity contribution in [3.63, 3.8) is 0 Å². The van der Waals surface area contributed by atoms with Gasteiger partial charge < -0.3 is 35.6 Å². The van der Waals surface area contributed by atoms with Crippen LogP contribution >= 0.6 is 0 Å². The average Bonchev–Trinajstić information content (AvgIpc) is 3.51. The summed E-state index contributed by atoms with van der Waals surface area (Å²) < 4.78 is 30.1. The van der Waals surface area contributed by atoms with Gasteiger partial charge in [0.1, 0.15) is 17.5 Å². The molecule has 5 aliphatic rings. The van der Waals surface area contributed by atoms with Crippen molar-refractivity contribution in [1.29, 1.82) is 0 Å². The lowest BCUT2D eigenvalue weighted by Crippen LogP contribution is -2.52. The summed E-state index contributed by atoms with van der Waals surface area (Å²) in [5.41, 5.74) is 7.96. The number of rotatable bonds is 10. The van der Waals surface area contributed by atoms with Crippen LogP contribution in [0.4, 0.5) is 36.6 Å². The Morgan fingerprint density at radius 1 is 0.929 bits per heavy atom. The number of carbonyl (C=O) groups excluding carboxylic acids is 4. The van der Waals surface area contributed by atoms with Crippen molar-refractivity contribution in [3.8, 4) is 0 Å². The summed E-state index contributed by atoms with van der Waals surface area (Å²) in [5.74, 6) is -2.55. The molecule has 2 atom stereocenters. The molecule has 0 bridgehead atoms. The molecule has 0 spiro atoms. The fourth-order valence-electron chi connectivity index (χ4n) is 8.96. The molecule has 16 heteroatoms. The van der Waals surface area contributed by atoms with E-state index in [9.17, 15) is 19.2 Å². The molecule has 0 aliphatic carbocycles. The molecule has 296 valence electrons. The minimum Gasteiger partial charge on any atom is -0.371 e. The third-order valence-electron chi connectivity index (χ3n) is 12.1. The third kappa shape index (κ3) is 7.71. The van der Waals surface area contributed by atoms with Gasteiger partial charge in [-0.15, -0.1) is 0 Å². The summed E-state index contributed by atoms with van der Waals surface area (Å²) >= 11 is 0. The topological polar surface area (TPSA) is 160 Å². The van der Waals surface area contributed by atoms with Gasteiger partial charge in [0, 0.05) is 82.1 Å². The zero-order valence-corrected chi connectivity index (χ0v) is 31.6. The maximum atomic E-state index is 15.1. The van der Waals surface area contributed by atoms with Crippen molar-refractivity contribution < 1.29 is 28.0 Å². The predicted molar refractivity (Wildman–Crippen MR) is 206 cm³/mol. The molecule has 56 heavy (non-hydrogen) atoms. The zero-order chi connectivity index (χ0) is 39.1. The highest BCUT2D eigenvalue weighted by molar-refractivity contribution is 6.01. The summed E-state index contributed by atoms with van der Waals surface area (Å²) in [6.45, 7) is 7.08. The standard InChI is InChI=1S/C40H48F2N10O4/c1-48-15-16-52(40(48)56)28-3-2-12-50(23-28)33-19-44-36(37(43)54)38(46-33)45-27-6-4-25(5-7-27)26-10-13-49(14-11-26)20-24-21-51(22-24)29-17-31(41)35(32(42)18-29)30-8-9-34(53)47-39(30)55/h4-7,17-19,24,26,28,30H,2-3,8-16,20-23H2,1H3,(H2,43,54)(H,45,46)(H,47,53,55)/t28-,30+/m1/s1. The predicted octanol–water partition coefficient (Wildman–Crippen LogP) is 3.77. The second kappa shape index (κ2) is 15.6. The summed E-state index contributed by atoms with van der Waals surface area (Å²) in [7, 11) is 1.82. The number of hydrogen-bond donors (Lipinski definition) is 3. The van der Waals surface area contributed by atoms with Crippen molar-refractivity contribution >= 4 is 46.8 Å². The van der Waals surface area contributed by atoms with Crippen LogP contribution in [0.1, 0.15) is 72.0 Å². The Hall–Kier alpha value is -5.38. The van der Waals surface area contributed by atoms with E-state index in [-0.39, 0.29) is 36.2 Å². The molecular formula is C40H48F2N10O4. The zero-order valence-electron chi connectivity index (χ0n) is 31.6. The van der Waals surface area contributed by atoms with Crippen LogP contribution < -0.4 is 26.2 Å². The highest BCUT2D eigenvalue weighted by Gasteiger charge is 2.37. The molecule has 3 aromatic rings. The molecule has 14 nitrogen and oxygen atoms in total. The van der Waals surface area contributed by atoms with Gasteiger partial charge in [-0.25, -0.2) is 23.5 Å². The maximum absolute atomic E-state index is 15.1. The highest BCUT2D eigenvalue weighted by Crippen LogP contribution is 2.36. The smallest absolute Gasteiger partial charge is 0.320 e. The number of nitrogens with zero attached hydrogens (tertiary/aromatic N) is 7. The molecule has 0 saturated carbocycles. The molecular weight excluding hydrogens is 723 g/mol. The first kappa shape index (κ1) is 37.5. The number of anilines is 4. The molecule has 8 rings (SSSR count). The van der Waals surface area contributed by atoms with Crippen LogP contribution in [-0.4, -0.2) is 120 Å². The largest absolute Gasteiger partial charge is 0.371 e. The van der Waals surface area contributed by atoms with E-state index in [1.165, 1.54) is 17.7 Å². The Bertz CT molecular complexity index is 1980. The molecule has 5 saturated heterocycles. The quantitative estimate of drug-likeness (QED) is 0.259. The molecule has 2 aromatic carbocycles. The third-order valence-corrected chi connectivity index (χ3v) is 12.1. The van der Waals surface area contributed by atoms with Crippen LogP contribution in [-0.2, 0) is 9.59 Å². The fourth-order valence-corrected chi connectivity index (χ4v) is 8.96.